The van der Waals surface area contributed by atoms with Crippen molar-refractivity contribution in [2.24, 2.45) is 29.6 Å². The molecule has 8 rings (SSSR count). The van der Waals surface area contributed by atoms with Crippen LogP contribution in [0.15, 0.2) is 52.3 Å². The number of aromatic amines is 1. The topological polar surface area (TPSA) is 161 Å². The number of imide groups is 1. The fourth-order valence-electron chi connectivity index (χ4n) is 8.41. The molecular formula is C32H30N4O9S2. The monoisotopic (exact) mass is 678 g/mol. The second kappa shape index (κ2) is 11.5. The third-order valence-electron chi connectivity index (χ3n) is 10.3. The van der Waals surface area contributed by atoms with Gasteiger partial charge in [0.1, 0.15) is 0 Å². The van der Waals surface area contributed by atoms with Crippen LogP contribution in [-0.4, -0.2) is 77.8 Å². The highest BCUT2D eigenvalue weighted by Gasteiger charge is 2.69. The van der Waals surface area contributed by atoms with Crippen LogP contribution in [0.5, 0.6) is 11.5 Å². The Balaban J connectivity index is 1.10. The van der Waals surface area contributed by atoms with Crippen LogP contribution in [0, 0.1) is 39.7 Å². The van der Waals surface area contributed by atoms with Crippen molar-refractivity contribution in [3.8, 4) is 11.5 Å². The van der Waals surface area contributed by atoms with Crippen molar-refractivity contribution >= 4 is 52.2 Å². The summed E-state index contributed by atoms with van der Waals surface area (Å²) in [5.41, 5.74) is 1.12. The molecule has 3 amide bonds. The number of aromatic nitrogens is 1. The molecule has 0 radical (unpaired) electrons. The second-order valence-electron chi connectivity index (χ2n) is 12.4. The number of methoxy groups -OCH3 is 1. The predicted octanol–water partition coefficient (Wildman–Crippen LogP) is 3.27. The van der Waals surface area contributed by atoms with E-state index in [9.17, 15) is 29.3 Å². The molecule has 15 heteroatoms. The summed E-state index contributed by atoms with van der Waals surface area (Å²) in [5.74, 6) is -1.25. The minimum Gasteiger partial charge on any atom is -0.493 e. The summed E-state index contributed by atoms with van der Waals surface area (Å²) in [6.07, 6.45) is 0.723. The number of nitro groups is 1. The van der Waals surface area contributed by atoms with E-state index in [0.717, 1.165) is 33.2 Å². The van der Waals surface area contributed by atoms with E-state index in [-0.39, 0.29) is 63.8 Å². The Bertz CT molecular complexity index is 1850. The Morgan fingerprint density at radius 1 is 1.04 bits per heavy atom. The van der Waals surface area contributed by atoms with Crippen LogP contribution in [0.2, 0.25) is 0 Å². The van der Waals surface area contributed by atoms with Gasteiger partial charge in [-0.1, -0.05) is 17.4 Å². The van der Waals surface area contributed by atoms with Crippen LogP contribution < -0.4 is 19.2 Å². The van der Waals surface area contributed by atoms with Crippen LogP contribution in [0.3, 0.4) is 0 Å². The summed E-state index contributed by atoms with van der Waals surface area (Å²) in [6.45, 7) is 1.89. The molecular weight excluding hydrogens is 649 g/mol. The number of non-ortho nitro benzene ring substituents is 1. The number of carbonyl (C=O) groups excluding carboxylic acids is 3. The summed E-state index contributed by atoms with van der Waals surface area (Å²) >= 11 is 2.76. The highest BCUT2D eigenvalue weighted by atomic mass is 32.2. The van der Waals surface area contributed by atoms with Crippen molar-refractivity contribution in [1.82, 2.24) is 9.88 Å². The van der Waals surface area contributed by atoms with E-state index in [0.29, 0.717) is 43.5 Å². The number of hydrogen-bond donors (Lipinski definition) is 1. The molecule has 2 aliphatic carbocycles. The highest BCUT2D eigenvalue weighted by molar-refractivity contribution is 8.00. The number of ether oxygens (including phenoxy) is 3. The van der Waals surface area contributed by atoms with Crippen molar-refractivity contribution in [3.05, 3.63) is 72.7 Å². The Morgan fingerprint density at radius 2 is 1.77 bits per heavy atom. The predicted molar refractivity (Wildman–Crippen MR) is 170 cm³/mol. The number of rotatable bonds is 7. The second-order valence-corrected chi connectivity index (χ2v) is 14.6. The molecule has 4 fully saturated rings. The van der Waals surface area contributed by atoms with Gasteiger partial charge in [-0.3, -0.25) is 34.2 Å². The van der Waals surface area contributed by atoms with E-state index in [1.165, 1.54) is 36.3 Å². The lowest BCUT2D eigenvalue weighted by molar-refractivity contribution is -0.384. The average Bonchev–Trinajstić information content (AvgIpc) is 3.82. The molecule has 4 unspecified atom stereocenters. The maximum absolute atomic E-state index is 14.0. The molecule has 47 heavy (non-hydrogen) atoms. The molecule has 13 nitrogen and oxygen atoms in total. The Morgan fingerprint density at radius 3 is 2.47 bits per heavy atom. The van der Waals surface area contributed by atoms with Crippen LogP contribution in [-0.2, 0) is 19.1 Å². The van der Waals surface area contributed by atoms with Gasteiger partial charge >= 0.3 is 4.87 Å². The summed E-state index contributed by atoms with van der Waals surface area (Å²) < 4.78 is 17.0. The van der Waals surface area contributed by atoms with Gasteiger partial charge in [-0.05, 0) is 54.0 Å². The number of nitrogens with one attached hydrogen (secondary N) is 1. The molecule has 7 atom stereocenters. The SMILES string of the molecule is COc1cc([C@H]2c3sc(=O)[nH]c3SC3C2[C@H]2C[C@@H]3C3C(=O)N(c4ccc([N+](=O)[O-])cc4)C(=O)C32)ccc1OCC(=O)N1CCOCC1. The number of H-pyrrole nitrogens is 1. The molecule has 4 heterocycles. The quantitative estimate of drug-likeness (QED) is 0.223. The molecule has 244 valence electrons. The number of thiazole rings is 1. The molecule has 0 spiro atoms. The first kappa shape index (κ1) is 30.1. The molecule has 5 aliphatic rings. The number of benzene rings is 2. The maximum Gasteiger partial charge on any atom is 0.305 e. The van der Waals surface area contributed by atoms with Gasteiger partial charge in [0, 0.05) is 41.3 Å². The molecule has 2 bridgehead atoms. The molecule has 3 aliphatic heterocycles. The number of fused-ring (bicyclic) bond motifs is 9. The summed E-state index contributed by atoms with van der Waals surface area (Å²) in [5, 5.41) is 12.0. The Kier molecular flexibility index (Phi) is 7.37. The van der Waals surface area contributed by atoms with Gasteiger partial charge in [0.2, 0.25) is 11.8 Å². The third kappa shape index (κ3) is 4.77. The smallest absolute Gasteiger partial charge is 0.305 e. The Labute approximate surface area is 276 Å². The van der Waals surface area contributed by atoms with Crippen LogP contribution >= 0.6 is 23.1 Å². The third-order valence-corrected chi connectivity index (χ3v) is 12.9. The van der Waals surface area contributed by atoms with Gasteiger partial charge in [-0.2, -0.15) is 0 Å². The summed E-state index contributed by atoms with van der Waals surface area (Å²) in [6, 6.07) is 11.1. The van der Waals surface area contributed by atoms with E-state index in [1.807, 2.05) is 12.1 Å². The van der Waals surface area contributed by atoms with Gasteiger partial charge in [0.15, 0.2) is 18.1 Å². The number of nitrogens with zero attached hydrogens (tertiary/aromatic N) is 3. The van der Waals surface area contributed by atoms with Crippen LogP contribution in [0.25, 0.3) is 0 Å². The van der Waals surface area contributed by atoms with Gasteiger partial charge in [-0.15, -0.1) is 11.8 Å². The van der Waals surface area contributed by atoms with Crippen molar-refractivity contribution in [2.45, 2.75) is 22.6 Å². The molecule has 3 aromatic rings. The summed E-state index contributed by atoms with van der Waals surface area (Å²) in [7, 11) is 1.53. The van der Waals surface area contributed by atoms with Crippen molar-refractivity contribution in [3.63, 3.8) is 0 Å². The maximum atomic E-state index is 14.0. The van der Waals surface area contributed by atoms with Crippen molar-refractivity contribution in [2.75, 3.05) is 44.9 Å². The lowest BCUT2D eigenvalue weighted by Crippen LogP contribution is -2.43. The highest BCUT2D eigenvalue weighted by Crippen LogP contribution is 2.68. The van der Waals surface area contributed by atoms with Gasteiger partial charge in [-0.25, -0.2) is 0 Å². The minimum absolute atomic E-state index is 0.00868. The van der Waals surface area contributed by atoms with E-state index < -0.39 is 16.8 Å². The normalized spacial score (nSPS) is 29.0. The number of nitro benzene ring substituents is 1. The van der Waals surface area contributed by atoms with Crippen LogP contribution in [0.4, 0.5) is 11.4 Å². The standard InChI is InChI=1S/C32H30N4O9S2/c1-43-21-12-15(2-7-20(21)45-14-22(37)34-8-10-44-11-9-34)23-24-18-13-19(27(24)46-29-28(23)47-32(40)33-29)26-25(18)30(38)35(31(26)39)16-3-5-17(6-4-16)36(41)42/h2-7,12,18-19,23-27H,8-11,13-14H2,1H3,(H,33,40)/t18-,19-,23-,24?,25?,26?,27?/m1/s1. The summed E-state index contributed by atoms with van der Waals surface area (Å²) in [4.78, 5) is 70.5. The zero-order valence-electron chi connectivity index (χ0n) is 25.2. The molecule has 1 aromatic heterocycles. The lowest BCUT2D eigenvalue weighted by atomic mass is 9.68. The number of amides is 3. The average molecular weight is 679 g/mol. The molecule has 2 saturated heterocycles. The van der Waals surface area contributed by atoms with Gasteiger partial charge in [0.05, 0.1) is 47.8 Å². The number of thioether (sulfide) groups is 1. The van der Waals surface area contributed by atoms with Crippen LogP contribution in [0.1, 0.15) is 22.8 Å². The lowest BCUT2D eigenvalue weighted by Gasteiger charge is -2.43. The van der Waals surface area contributed by atoms with E-state index in [1.54, 1.807) is 22.7 Å². The van der Waals surface area contributed by atoms with Crippen molar-refractivity contribution < 1.29 is 33.5 Å². The zero-order valence-corrected chi connectivity index (χ0v) is 26.8. The van der Waals surface area contributed by atoms with E-state index >= 15 is 0 Å². The fourth-order valence-corrected chi connectivity index (χ4v) is 11.3. The molecule has 1 N–H and O–H groups in total. The van der Waals surface area contributed by atoms with Gasteiger partial charge in [0.25, 0.3) is 11.6 Å². The fraction of sp³-hybridized carbons (Fsp3) is 0.438. The molecule has 2 aromatic carbocycles. The first-order valence-electron chi connectivity index (χ1n) is 15.4. The largest absolute Gasteiger partial charge is 0.493 e. The number of carbonyl (C=O) groups is 3. The van der Waals surface area contributed by atoms with E-state index in [2.05, 4.69) is 4.98 Å². The molecule has 2 saturated carbocycles. The minimum atomic E-state index is -0.518. The number of hydrogen-bond acceptors (Lipinski definition) is 11. The Hall–Kier alpha value is -4.21. The number of anilines is 1. The van der Waals surface area contributed by atoms with E-state index in [4.69, 9.17) is 14.2 Å². The first-order chi connectivity index (χ1) is 22.7. The zero-order chi connectivity index (χ0) is 32.6. The van der Waals surface area contributed by atoms with Crippen molar-refractivity contribution in [1.29, 1.82) is 0 Å². The van der Waals surface area contributed by atoms with Gasteiger partial charge < -0.3 is 24.1 Å². The first-order valence-corrected chi connectivity index (χ1v) is 17.1. The number of morpholine rings is 1.